The lowest BCUT2D eigenvalue weighted by Crippen LogP contribution is -2.62. The Morgan fingerprint density at radius 2 is 1.48 bits per heavy atom. The summed E-state index contributed by atoms with van der Waals surface area (Å²) in [6.45, 7) is -0.551. The van der Waals surface area contributed by atoms with Gasteiger partial charge >= 0.3 is 11.9 Å². The first-order chi connectivity index (χ1) is 14.0. The second-order valence-electron chi connectivity index (χ2n) is 6.66. The molecule has 0 aliphatic heterocycles. The molecule has 0 bridgehead atoms. The van der Waals surface area contributed by atoms with Crippen LogP contribution < -0.4 is 0 Å². The fourth-order valence-electron chi connectivity index (χ4n) is 3.09. The molecule has 0 saturated carbocycles. The fraction of sp³-hybridized carbons (Fsp3) is 0.273. The molecule has 0 saturated heterocycles. The highest BCUT2D eigenvalue weighted by Gasteiger charge is 2.51. The zero-order valence-electron chi connectivity index (χ0n) is 15.8. The Labute approximate surface area is 168 Å². The number of hydrogen-bond donors (Lipinski definition) is 2. The SMILES string of the molecule is COC1C=CC(OC(=O)c2ccccc2)C(O)C1(O)COC(=O)c1ccccc1. The second-order valence-corrected chi connectivity index (χ2v) is 6.66. The summed E-state index contributed by atoms with van der Waals surface area (Å²) in [6.07, 6.45) is -0.782. The fourth-order valence-corrected chi connectivity index (χ4v) is 3.09. The van der Waals surface area contributed by atoms with Crippen LogP contribution in [0.4, 0.5) is 0 Å². The number of esters is 2. The van der Waals surface area contributed by atoms with Crippen LogP contribution in [0.25, 0.3) is 0 Å². The van der Waals surface area contributed by atoms with E-state index in [1.54, 1.807) is 60.7 Å². The van der Waals surface area contributed by atoms with Gasteiger partial charge in [-0.25, -0.2) is 9.59 Å². The summed E-state index contributed by atoms with van der Waals surface area (Å²) in [5.74, 6) is -1.31. The molecule has 0 amide bonds. The highest BCUT2D eigenvalue weighted by molar-refractivity contribution is 5.90. The molecule has 7 heteroatoms. The van der Waals surface area contributed by atoms with Crippen molar-refractivity contribution in [1.29, 1.82) is 0 Å². The molecule has 1 aliphatic carbocycles. The molecule has 7 nitrogen and oxygen atoms in total. The van der Waals surface area contributed by atoms with E-state index >= 15 is 0 Å². The van der Waals surface area contributed by atoms with E-state index in [1.807, 2.05) is 0 Å². The minimum absolute atomic E-state index is 0.304. The predicted octanol–water partition coefficient (Wildman–Crippen LogP) is 1.75. The van der Waals surface area contributed by atoms with Gasteiger partial charge in [-0.05, 0) is 30.3 Å². The Kier molecular flexibility index (Phi) is 6.43. The van der Waals surface area contributed by atoms with E-state index in [0.29, 0.717) is 11.1 Å². The third-order valence-corrected chi connectivity index (χ3v) is 4.74. The zero-order valence-corrected chi connectivity index (χ0v) is 15.8. The van der Waals surface area contributed by atoms with Crippen LogP contribution >= 0.6 is 0 Å². The number of methoxy groups -OCH3 is 1. The van der Waals surface area contributed by atoms with Crippen LogP contribution in [0, 0.1) is 0 Å². The van der Waals surface area contributed by atoms with Crippen molar-refractivity contribution in [3.63, 3.8) is 0 Å². The average Bonchev–Trinajstić information content (AvgIpc) is 2.76. The van der Waals surface area contributed by atoms with Crippen LogP contribution in [0.5, 0.6) is 0 Å². The van der Waals surface area contributed by atoms with Gasteiger partial charge in [0.1, 0.15) is 24.9 Å². The first-order valence-electron chi connectivity index (χ1n) is 9.05. The molecular weight excluding hydrogens is 376 g/mol. The molecule has 0 fully saturated rings. The molecule has 2 N–H and O–H groups in total. The summed E-state index contributed by atoms with van der Waals surface area (Å²) >= 11 is 0. The van der Waals surface area contributed by atoms with Crippen LogP contribution in [0.3, 0.4) is 0 Å². The summed E-state index contributed by atoms with van der Waals surface area (Å²) < 4.78 is 15.8. The van der Waals surface area contributed by atoms with E-state index in [-0.39, 0.29) is 0 Å². The molecule has 1 aliphatic rings. The smallest absolute Gasteiger partial charge is 0.338 e. The van der Waals surface area contributed by atoms with Gasteiger partial charge in [0.25, 0.3) is 0 Å². The minimum Gasteiger partial charge on any atom is -0.459 e. The molecular formula is C22H22O7. The summed E-state index contributed by atoms with van der Waals surface area (Å²) in [4.78, 5) is 24.5. The third kappa shape index (κ3) is 4.54. The Morgan fingerprint density at radius 1 is 0.931 bits per heavy atom. The van der Waals surface area contributed by atoms with Crippen molar-refractivity contribution in [2.45, 2.75) is 23.9 Å². The van der Waals surface area contributed by atoms with Crippen LogP contribution in [-0.4, -0.2) is 59.8 Å². The van der Waals surface area contributed by atoms with Gasteiger partial charge in [0.2, 0.25) is 0 Å². The summed E-state index contributed by atoms with van der Waals surface area (Å²) in [5.41, 5.74) is -1.39. The monoisotopic (exact) mass is 398 g/mol. The van der Waals surface area contributed by atoms with E-state index in [4.69, 9.17) is 14.2 Å². The van der Waals surface area contributed by atoms with E-state index in [9.17, 15) is 19.8 Å². The highest BCUT2D eigenvalue weighted by atomic mass is 16.6. The van der Waals surface area contributed by atoms with Crippen LogP contribution in [0.1, 0.15) is 20.7 Å². The maximum Gasteiger partial charge on any atom is 0.338 e. The second kappa shape index (κ2) is 9.00. The molecule has 2 aromatic carbocycles. The molecule has 4 atom stereocenters. The molecule has 2 aromatic rings. The van der Waals surface area contributed by atoms with E-state index in [2.05, 4.69) is 0 Å². The van der Waals surface area contributed by atoms with Crippen molar-refractivity contribution in [3.05, 3.63) is 83.9 Å². The summed E-state index contributed by atoms with van der Waals surface area (Å²) in [6, 6.07) is 16.5. The lowest BCUT2D eigenvalue weighted by molar-refractivity contribution is -0.189. The normalized spacial score (nSPS) is 26.0. The Balaban J connectivity index is 1.73. The van der Waals surface area contributed by atoms with Gasteiger partial charge in [-0.1, -0.05) is 42.5 Å². The van der Waals surface area contributed by atoms with Crippen LogP contribution in [-0.2, 0) is 14.2 Å². The molecule has 4 unspecified atom stereocenters. The maximum atomic E-state index is 12.3. The van der Waals surface area contributed by atoms with Gasteiger partial charge in [0.15, 0.2) is 5.60 Å². The lowest BCUT2D eigenvalue weighted by Gasteiger charge is -2.42. The third-order valence-electron chi connectivity index (χ3n) is 4.74. The van der Waals surface area contributed by atoms with E-state index in [1.165, 1.54) is 19.3 Å². The quantitative estimate of drug-likeness (QED) is 0.564. The Morgan fingerprint density at radius 3 is 2.03 bits per heavy atom. The predicted molar refractivity (Wildman–Crippen MR) is 103 cm³/mol. The molecule has 0 aromatic heterocycles. The molecule has 0 spiro atoms. The van der Waals surface area contributed by atoms with Crippen LogP contribution in [0.15, 0.2) is 72.8 Å². The topological polar surface area (TPSA) is 102 Å². The first kappa shape index (κ1) is 20.7. The van der Waals surface area contributed by atoms with Gasteiger partial charge in [-0.3, -0.25) is 0 Å². The lowest BCUT2D eigenvalue weighted by atomic mass is 9.82. The maximum absolute atomic E-state index is 12.3. The number of carbonyl (C=O) groups excluding carboxylic acids is 2. The largest absolute Gasteiger partial charge is 0.459 e. The van der Waals surface area contributed by atoms with Gasteiger partial charge in [-0.2, -0.15) is 0 Å². The number of ether oxygens (including phenoxy) is 3. The van der Waals surface area contributed by atoms with Gasteiger partial charge in [0.05, 0.1) is 11.1 Å². The van der Waals surface area contributed by atoms with E-state index < -0.39 is 42.5 Å². The Bertz CT molecular complexity index is 865. The summed E-state index contributed by atoms with van der Waals surface area (Å²) in [7, 11) is 1.35. The van der Waals surface area contributed by atoms with Crippen molar-refractivity contribution in [1.82, 2.24) is 0 Å². The van der Waals surface area contributed by atoms with Gasteiger partial charge < -0.3 is 24.4 Å². The number of rotatable bonds is 6. The standard InChI is InChI=1S/C22H22O7/c1-27-18-13-12-17(29-21(25)16-10-6-3-7-11-16)19(23)22(18,26)14-28-20(24)15-8-4-2-5-9-15/h2-13,17-19,23,26H,14H2,1H3. The highest BCUT2D eigenvalue weighted by Crippen LogP contribution is 2.29. The zero-order chi connectivity index (χ0) is 20.9. The van der Waals surface area contributed by atoms with E-state index in [0.717, 1.165) is 0 Å². The molecule has 152 valence electrons. The van der Waals surface area contributed by atoms with Crippen molar-refractivity contribution in [3.8, 4) is 0 Å². The number of benzene rings is 2. The van der Waals surface area contributed by atoms with Crippen molar-refractivity contribution < 1.29 is 34.0 Å². The first-order valence-corrected chi connectivity index (χ1v) is 9.05. The number of aliphatic hydroxyl groups is 2. The van der Waals surface area contributed by atoms with Gasteiger partial charge in [-0.15, -0.1) is 0 Å². The Hall–Kier alpha value is -3.00. The molecule has 29 heavy (non-hydrogen) atoms. The summed E-state index contributed by atoms with van der Waals surface area (Å²) in [5, 5.41) is 21.8. The van der Waals surface area contributed by atoms with Crippen molar-refractivity contribution >= 4 is 11.9 Å². The van der Waals surface area contributed by atoms with Gasteiger partial charge in [0, 0.05) is 7.11 Å². The molecule has 0 heterocycles. The number of hydrogen-bond acceptors (Lipinski definition) is 7. The minimum atomic E-state index is -2.00. The molecule has 0 radical (unpaired) electrons. The average molecular weight is 398 g/mol. The number of aliphatic hydroxyl groups excluding tert-OH is 1. The number of carbonyl (C=O) groups is 2. The molecule has 3 rings (SSSR count). The van der Waals surface area contributed by atoms with Crippen molar-refractivity contribution in [2.75, 3.05) is 13.7 Å². The van der Waals surface area contributed by atoms with Crippen LogP contribution in [0.2, 0.25) is 0 Å². The van der Waals surface area contributed by atoms with Crippen molar-refractivity contribution in [2.24, 2.45) is 0 Å².